The zero-order valence-corrected chi connectivity index (χ0v) is 10.3. The number of hydrogen-bond acceptors (Lipinski definition) is 5. The Labute approximate surface area is 105 Å². The Hall–Kier alpha value is -1.81. The van der Waals surface area contributed by atoms with Gasteiger partial charge in [0.2, 0.25) is 0 Å². The van der Waals surface area contributed by atoms with E-state index in [0.717, 1.165) is 19.3 Å². The maximum atomic E-state index is 11.6. The van der Waals surface area contributed by atoms with E-state index in [-0.39, 0.29) is 6.61 Å². The van der Waals surface area contributed by atoms with Crippen molar-refractivity contribution in [3.05, 3.63) is 0 Å². The SMILES string of the molecule is CCOC(=O)NC(=O)N(O)C1(C#N)CCCCC1. The second-order valence-corrected chi connectivity index (χ2v) is 4.17. The molecule has 100 valence electrons. The van der Waals surface area contributed by atoms with E-state index in [1.807, 2.05) is 11.4 Å². The van der Waals surface area contributed by atoms with E-state index in [4.69, 9.17) is 5.26 Å². The molecule has 0 saturated heterocycles. The summed E-state index contributed by atoms with van der Waals surface area (Å²) in [5.74, 6) is 0. The first-order chi connectivity index (χ1) is 8.55. The Morgan fingerprint density at radius 2 is 2.06 bits per heavy atom. The summed E-state index contributed by atoms with van der Waals surface area (Å²) in [5.41, 5.74) is -1.24. The largest absolute Gasteiger partial charge is 0.450 e. The fraction of sp³-hybridized carbons (Fsp3) is 0.727. The number of rotatable bonds is 2. The van der Waals surface area contributed by atoms with Crippen molar-refractivity contribution >= 4 is 12.1 Å². The summed E-state index contributed by atoms with van der Waals surface area (Å²) < 4.78 is 4.53. The van der Waals surface area contributed by atoms with Crippen LogP contribution in [0.4, 0.5) is 9.59 Å². The molecule has 1 rings (SSSR count). The monoisotopic (exact) mass is 255 g/mol. The summed E-state index contributed by atoms with van der Waals surface area (Å²) in [5, 5.41) is 21.1. The maximum absolute atomic E-state index is 11.6. The highest BCUT2D eigenvalue weighted by atomic mass is 16.6. The summed E-state index contributed by atoms with van der Waals surface area (Å²) in [7, 11) is 0. The van der Waals surface area contributed by atoms with Crippen molar-refractivity contribution in [1.82, 2.24) is 10.4 Å². The van der Waals surface area contributed by atoms with Crippen molar-refractivity contribution in [1.29, 1.82) is 5.26 Å². The third kappa shape index (κ3) is 3.11. The van der Waals surface area contributed by atoms with Gasteiger partial charge in [0, 0.05) is 0 Å². The molecule has 0 unspecified atom stereocenters. The summed E-state index contributed by atoms with van der Waals surface area (Å²) in [6, 6.07) is 0.936. The summed E-state index contributed by atoms with van der Waals surface area (Å²) in [6.07, 6.45) is 2.35. The fourth-order valence-corrected chi connectivity index (χ4v) is 2.01. The number of carbonyl (C=O) groups excluding carboxylic acids is 2. The minimum atomic E-state index is -1.24. The molecule has 7 nitrogen and oxygen atoms in total. The van der Waals surface area contributed by atoms with Crippen LogP contribution in [0.3, 0.4) is 0 Å². The van der Waals surface area contributed by atoms with Gasteiger partial charge in [-0.05, 0) is 32.6 Å². The molecule has 0 radical (unpaired) electrons. The number of imide groups is 1. The van der Waals surface area contributed by atoms with Crippen molar-refractivity contribution < 1.29 is 19.5 Å². The van der Waals surface area contributed by atoms with Crippen LogP contribution in [0.5, 0.6) is 0 Å². The van der Waals surface area contributed by atoms with Crippen LogP contribution >= 0.6 is 0 Å². The molecule has 3 amide bonds. The molecule has 0 aromatic rings. The molecule has 0 atom stereocenters. The molecule has 1 aliphatic carbocycles. The number of urea groups is 1. The van der Waals surface area contributed by atoms with Gasteiger partial charge in [-0.1, -0.05) is 6.42 Å². The lowest BCUT2D eigenvalue weighted by Gasteiger charge is -2.36. The van der Waals surface area contributed by atoms with Crippen molar-refractivity contribution in [3.8, 4) is 6.07 Å². The van der Waals surface area contributed by atoms with Gasteiger partial charge in [0.05, 0.1) is 12.7 Å². The second-order valence-electron chi connectivity index (χ2n) is 4.17. The summed E-state index contributed by atoms with van der Waals surface area (Å²) in [4.78, 5) is 22.7. The standard InChI is InChI=1S/C11H17N3O4/c1-2-18-10(16)13-9(15)14(17)11(8-12)6-4-3-5-7-11/h17H,2-7H2,1H3,(H,13,15,16). The highest BCUT2D eigenvalue weighted by molar-refractivity contribution is 5.90. The second kappa shape index (κ2) is 6.21. The predicted molar refractivity (Wildman–Crippen MR) is 60.6 cm³/mol. The zero-order valence-electron chi connectivity index (χ0n) is 10.3. The first-order valence-electron chi connectivity index (χ1n) is 5.94. The van der Waals surface area contributed by atoms with Gasteiger partial charge in [-0.15, -0.1) is 0 Å². The Balaban J connectivity index is 2.66. The lowest BCUT2D eigenvalue weighted by atomic mass is 9.82. The number of hydrogen-bond donors (Lipinski definition) is 2. The van der Waals surface area contributed by atoms with Gasteiger partial charge in [0.1, 0.15) is 0 Å². The quantitative estimate of drug-likeness (QED) is 0.578. The number of ether oxygens (including phenoxy) is 1. The van der Waals surface area contributed by atoms with Gasteiger partial charge in [0.15, 0.2) is 5.54 Å². The Morgan fingerprint density at radius 3 is 2.56 bits per heavy atom. The number of hydroxylamine groups is 2. The van der Waals surface area contributed by atoms with Crippen LogP contribution in [0.1, 0.15) is 39.0 Å². The number of amides is 3. The first kappa shape index (κ1) is 14.3. The van der Waals surface area contributed by atoms with Gasteiger partial charge >= 0.3 is 12.1 Å². The van der Waals surface area contributed by atoms with E-state index in [1.165, 1.54) is 0 Å². The smallest absolute Gasteiger partial charge is 0.415 e. The topological polar surface area (TPSA) is 103 Å². The molecule has 0 aromatic carbocycles. The van der Waals surface area contributed by atoms with Crippen LogP contribution in [0.25, 0.3) is 0 Å². The molecule has 0 aromatic heterocycles. The Bertz CT molecular complexity index is 358. The fourth-order valence-electron chi connectivity index (χ4n) is 2.01. The van der Waals surface area contributed by atoms with Crippen LogP contribution in [-0.4, -0.2) is 34.5 Å². The maximum Gasteiger partial charge on any atom is 0.415 e. The van der Waals surface area contributed by atoms with Crippen LogP contribution in [0.15, 0.2) is 0 Å². The summed E-state index contributed by atoms with van der Waals surface area (Å²) in [6.45, 7) is 1.71. The van der Waals surface area contributed by atoms with E-state index in [2.05, 4.69) is 4.74 Å². The highest BCUT2D eigenvalue weighted by Gasteiger charge is 2.41. The number of nitriles is 1. The van der Waals surface area contributed by atoms with E-state index in [0.29, 0.717) is 17.9 Å². The number of nitrogens with zero attached hydrogens (tertiary/aromatic N) is 2. The van der Waals surface area contributed by atoms with Crippen LogP contribution in [0.2, 0.25) is 0 Å². The molecule has 2 N–H and O–H groups in total. The first-order valence-corrected chi connectivity index (χ1v) is 5.94. The highest BCUT2D eigenvalue weighted by Crippen LogP contribution is 2.32. The van der Waals surface area contributed by atoms with Crippen molar-refractivity contribution in [2.24, 2.45) is 0 Å². The molecule has 1 saturated carbocycles. The molecule has 7 heteroatoms. The Kier molecular flexibility index (Phi) is 4.92. The van der Waals surface area contributed by atoms with Gasteiger partial charge in [-0.2, -0.15) is 10.3 Å². The van der Waals surface area contributed by atoms with Crippen LogP contribution in [-0.2, 0) is 4.74 Å². The normalized spacial score (nSPS) is 17.4. The average molecular weight is 255 g/mol. The molecule has 0 bridgehead atoms. The molecule has 0 heterocycles. The van der Waals surface area contributed by atoms with Gasteiger partial charge in [-0.3, -0.25) is 5.21 Å². The van der Waals surface area contributed by atoms with Gasteiger partial charge < -0.3 is 4.74 Å². The molecular weight excluding hydrogens is 238 g/mol. The third-order valence-electron chi connectivity index (χ3n) is 2.97. The van der Waals surface area contributed by atoms with E-state index in [9.17, 15) is 14.8 Å². The molecule has 1 fully saturated rings. The van der Waals surface area contributed by atoms with Gasteiger partial charge in [0.25, 0.3) is 0 Å². The minimum absolute atomic E-state index is 0.119. The third-order valence-corrected chi connectivity index (χ3v) is 2.97. The van der Waals surface area contributed by atoms with Gasteiger partial charge in [-0.25, -0.2) is 14.9 Å². The predicted octanol–water partition coefficient (Wildman–Crippen LogP) is 1.77. The number of alkyl carbamates (subject to hydrolysis) is 1. The summed E-state index contributed by atoms with van der Waals surface area (Å²) >= 11 is 0. The molecule has 1 aliphatic rings. The van der Waals surface area contributed by atoms with E-state index >= 15 is 0 Å². The van der Waals surface area contributed by atoms with E-state index in [1.54, 1.807) is 6.92 Å². The van der Waals surface area contributed by atoms with Crippen LogP contribution < -0.4 is 5.32 Å². The molecule has 0 aliphatic heterocycles. The molecule has 18 heavy (non-hydrogen) atoms. The molecule has 0 spiro atoms. The van der Waals surface area contributed by atoms with Crippen molar-refractivity contribution in [3.63, 3.8) is 0 Å². The van der Waals surface area contributed by atoms with E-state index < -0.39 is 17.7 Å². The van der Waals surface area contributed by atoms with Crippen LogP contribution in [0, 0.1) is 11.3 Å². The van der Waals surface area contributed by atoms with Crippen molar-refractivity contribution in [2.75, 3.05) is 6.61 Å². The average Bonchev–Trinajstić information content (AvgIpc) is 2.38. The number of nitrogens with one attached hydrogen (secondary N) is 1. The lowest BCUT2D eigenvalue weighted by molar-refractivity contribution is -0.116. The number of carbonyl (C=O) groups is 2. The molecular formula is C11H17N3O4. The zero-order chi connectivity index (χ0) is 13.6. The lowest BCUT2D eigenvalue weighted by Crippen LogP contribution is -2.54. The minimum Gasteiger partial charge on any atom is -0.450 e. The van der Waals surface area contributed by atoms with Crippen molar-refractivity contribution in [2.45, 2.75) is 44.6 Å². The Morgan fingerprint density at radius 1 is 1.44 bits per heavy atom.